The van der Waals surface area contributed by atoms with Crippen LogP contribution in [0.1, 0.15) is 36.9 Å². The van der Waals surface area contributed by atoms with E-state index in [-0.39, 0.29) is 10.6 Å². The fourth-order valence-electron chi connectivity index (χ4n) is 4.30. The molecule has 6 nitrogen and oxygen atoms in total. The van der Waals surface area contributed by atoms with Gasteiger partial charge in [0.05, 0.1) is 4.90 Å². The lowest BCUT2D eigenvalue weighted by Gasteiger charge is -2.31. The van der Waals surface area contributed by atoms with Crippen LogP contribution in [-0.2, 0) is 10.0 Å². The first-order chi connectivity index (χ1) is 14.8. The predicted octanol–water partition coefficient (Wildman–Crippen LogP) is 3.59. The number of allylic oxidation sites excluding steroid dienone is 1. The lowest BCUT2D eigenvalue weighted by molar-refractivity contribution is 0.222. The van der Waals surface area contributed by atoms with Crippen LogP contribution < -0.4 is 5.56 Å². The normalized spacial score (nSPS) is 19.7. The second kappa shape index (κ2) is 9.28. The highest BCUT2D eigenvalue weighted by atomic mass is 35.5. The number of hydrogen-bond acceptors (Lipinski definition) is 4. The molecule has 0 atom stereocenters. The summed E-state index contributed by atoms with van der Waals surface area (Å²) in [6.07, 6.45) is 6.85. The van der Waals surface area contributed by atoms with Crippen LogP contribution in [0.4, 0.5) is 0 Å². The first kappa shape index (κ1) is 22.3. The minimum absolute atomic E-state index is 0.151. The van der Waals surface area contributed by atoms with Crippen LogP contribution in [0, 0.1) is 5.92 Å². The number of aromatic nitrogens is 1. The van der Waals surface area contributed by atoms with Gasteiger partial charge in [-0.15, -0.1) is 0 Å². The van der Waals surface area contributed by atoms with Gasteiger partial charge in [0, 0.05) is 37.4 Å². The number of piperazine rings is 1. The van der Waals surface area contributed by atoms with E-state index in [1.54, 1.807) is 28.6 Å². The number of sulfonamides is 1. The summed E-state index contributed by atoms with van der Waals surface area (Å²) in [5.74, 6) is 0.447. The molecule has 1 aliphatic carbocycles. The number of nitrogens with zero attached hydrogens (tertiary/aromatic N) is 2. The quantitative estimate of drug-likeness (QED) is 0.738. The van der Waals surface area contributed by atoms with Crippen LogP contribution in [0.25, 0.3) is 5.57 Å². The monoisotopic (exact) mass is 461 g/mol. The fourth-order valence-corrected chi connectivity index (χ4v) is 5.83. The van der Waals surface area contributed by atoms with Crippen molar-refractivity contribution in [1.82, 2.24) is 14.2 Å². The molecule has 166 valence electrons. The van der Waals surface area contributed by atoms with Gasteiger partial charge < -0.3 is 9.88 Å². The van der Waals surface area contributed by atoms with Crippen molar-refractivity contribution in [2.75, 3.05) is 33.2 Å². The fraction of sp³-hybridized carbons (Fsp3) is 0.435. The van der Waals surface area contributed by atoms with E-state index in [2.05, 4.69) is 16.0 Å². The van der Waals surface area contributed by atoms with Gasteiger partial charge in [0.2, 0.25) is 10.0 Å². The minimum atomic E-state index is -3.52. The van der Waals surface area contributed by atoms with Crippen molar-refractivity contribution in [3.63, 3.8) is 0 Å². The number of aromatic amines is 1. The third-order valence-electron chi connectivity index (χ3n) is 6.22. The molecule has 2 aromatic rings. The zero-order chi connectivity index (χ0) is 22.0. The van der Waals surface area contributed by atoms with E-state index in [1.807, 2.05) is 19.2 Å². The second-order valence-electron chi connectivity index (χ2n) is 8.41. The minimum Gasteiger partial charge on any atom is -0.321 e. The van der Waals surface area contributed by atoms with Crippen molar-refractivity contribution < 1.29 is 8.42 Å². The summed E-state index contributed by atoms with van der Waals surface area (Å²) in [6.45, 7) is 2.46. The van der Waals surface area contributed by atoms with Crippen molar-refractivity contribution in [2.45, 2.75) is 30.6 Å². The van der Waals surface area contributed by atoms with E-state index >= 15 is 0 Å². The summed E-state index contributed by atoms with van der Waals surface area (Å²) in [5.41, 5.74) is 2.15. The van der Waals surface area contributed by atoms with Gasteiger partial charge in [-0.3, -0.25) is 4.79 Å². The van der Waals surface area contributed by atoms with Gasteiger partial charge in [-0.05, 0) is 55.6 Å². The molecule has 1 aliphatic heterocycles. The van der Waals surface area contributed by atoms with Crippen LogP contribution in [-0.4, -0.2) is 55.8 Å². The summed E-state index contributed by atoms with van der Waals surface area (Å²) in [6, 6.07) is 10.4. The maximum atomic E-state index is 13.0. The lowest BCUT2D eigenvalue weighted by atomic mass is 9.96. The Labute approximate surface area is 188 Å². The summed E-state index contributed by atoms with van der Waals surface area (Å²) in [7, 11) is -1.52. The number of H-pyrrole nitrogens is 1. The molecule has 1 saturated heterocycles. The standard InChI is InChI=1S/C23H28ClN3O3S/c1-26-12-14-27(15-13-26)31(29,30)19-8-6-18(7-9-19)20(16-17-4-2-3-5-17)22-11-10-21(24)23(28)25-22/h6-11,16-17H,2-5,12-15H2,1H3,(H,25,28)/b20-16-. The highest BCUT2D eigenvalue weighted by Gasteiger charge is 2.27. The Morgan fingerprint density at radius 3 is 2.29 bits per heavy atom. The van der Waals surface area contributed by atoms with Crippen LogP contribution in [0.3, 0.4) is 0 Å². The van der Waals surface area contributed by atoms with E-state index in [0.29, 0.717) is 29.6 Å². The number of likely N-dealkylation sites (N-methyl/N-ethyl adjacent to an activating group) is 1. The smallest absolute Gasteiger partial charge is 0.267 e. The molecule has 2 heterocycles. The molecule has 1 aromatic carbocycles. The maximum Gasteiger partial charge on any atom is 0.267 e. The Morgan fingerprint density at radius 1 is 1.03 bits per heavy atom. The molecule has 0 spiro atoms. The molecular formula is C23H28ClN3O3S. The third-order valence-corrected chi connectivity index (χ3v) is 8.43. The van der Waals surface area contributed by atoms with Gasteiger partial charge in [-0.1, -0.05) is 42.7 Å². The highest BCUT2D eigenvalue weighted by molar-refractivity contribution is 7.89. The van der Waals surface area contributed by atoms with Gasteiger partial charge in [-0.2, -0.15) is 4.31 Å². The molecule has 1 N–H and O–H groups in total. The van der Waals surface area contributed by atoms with Crippen molar-refractivity contribution in [3.8, 4) is 0 Å². The maximum absolute atomic E-state index is 13.0. The first-order valence-electron chi connectivity index (χ1n) is 10.7. The zero-order valence-corrected chi connectivity index (χ0v) is 19.3. The molecule has 2 aliphatic rings. The molecule has 2 fully saturated rings. The number of pyridine rings is 1. The van der Waals surface area contributed by atoms with E-state index in [4.69, 9.17) is 11.6 Å². The molecule has 0 unspecified atom stereocenters. The largest absolute Gasteiger partial charge is 0.321 e. The van der Waals surface area contributed by atoms with E-state index < -0.39 is 10.0 Å². The molecule has 1 saturated carbocycles. The average Bonchev–Trinajstić information content (AvgIpc) is 3.28. The Kier molecular flexibility index (Phi) is 6.67. The highest BCUT2D eigenvalue weighted by Crippen LogP contribution is 2.32. The molecule has 31 heavy (non-hydrogen) atoms. The van der Waals surface area contributed by atoms with Crippen molar-refractivity contribution in [1.29, 1.82) is 0 Å². The Balaban J connectivity index is 1.66. The van der Waals surface area contributed by atoms with Crippen LogP contribution in [0.5, 0.6) is 0 Å². The number of hydrogen-bond donors (Lipinski definition) is 1. The summed E-state index contributed by atoms with van der Waals surface area (Å²) >= 11 is 5.92. The van der Waals surface area contributed by atoms with Gasteiger partial charge in [0.25, 0.3) is 5.56 Å². The van der Waals surface area contributed by atoms with Gasteiger partial charge in [-0.25, -0.2) is 8.42 Å². The molecule has 0 bridgehead atoms. The molecule has 4 rings (SSSR count). The second-order valence-corrected chi connectivity index (χ2v) is 10.8. The average molecular weight is 462 g/mol. The van der Waals surface area contributed by atoms with Crippen LogP contribution in [0.15, 0.2) is 52.2 Å². The number of benzene rings is 1. The summed E-state index contributed by atoms with van der Waals surface area (Å²) < 4.78 is 27.6. The first-order valence-corrected chi connectivity index (χ1v) is 12.6. The van der Waals surface area contributed by atoms with Crippen LogP contribution >= 0.6 is 11.6 Å². The Bertz CT molecular complexity index is 1110. The number of rotatable bonds is 5. The zero-order valence-electron chi connectivity index (χ0n) is 17.7. The van der Waals surface area contributed by atoms with Gasteiger partial charge in [0.1, 0.15) is 5.02 Å². The lowest BCUT2D eigenvalue weighted by Crippen LogP contribution is -2.46. The van der Waals surface area contributed by atoms with Crippen LogP contribution in [0.2, 0.25) is 5.02 Å². The molecule has 8 heteroatoms. The third kappa shape index (κ3) is 4.95. The van der Waals surface area contributed by atoms with E-state index in [0.717, 1.165) is 37.1 Å². The molecule has 0 amide bonds. The topological polar surface area (TPSA) is 73.5 Å². The SMILES string of the molecule is CN1CCN(S(=O)(=O)c2ccc(/C(=C/C3CCCC3)c3ccc(Cl)c(=O)[nH]3)cc2)CC1. The molecular weight excluding hydrogens is 434 g/mol. The molecule has 0 radical (unpaired) electrons. The molecule has 1 aromatic heterocycles. The van der Waals surface area contributed by atoms with Crippen molar-refractivity contribution in [2.24, 2.45) is 5.92 Å². The van der Waals surface area contributed by atoms with Crippen molar-refractivity contribution in [3.05, 3.63) is 69.1 Å². The predicted molar refractivity (Wildman–Crippen MR) is 124 cm³/mol. The summed E-state index contributed by atoms with van der Waals surface area (Å²) in [5, 5.41) is 0.151. The van der Waals surface area contributed by atoms with E-state index in [1.165, 1.54) is 12.8 Å². The number of halogens is 1. The number of nitrogens with one attached hydrogen (secondary N) is 1. The summed E-state index contributed by atoms with van der Waals surface area (Å²) in [4.78, 5) is 17.4. The van der Waals surface area contributed by atoms with E-state index in [9.17, 15) is 13.2 Å². The Hall–Kier alpha value is -1.93. The van der Waals surface area contributed by atoms with Gasteiger partial charge >= 0.3 is 0 Å². The van der Waals surface area contributed by atoms with Gasteiger partial charge in [0.15, 0.2) is 0 Å². The Morgan fingerprint density at radius 2 is 1.68 bits per heavy atom. The van der Waals surface area contributed by atoms with Crippen molar-refractivity contribution >= 4 is 27.2 Å².